The van der Waals surface area contributed by atoms with E-state index < -0.39 is 9.84 Å². The lowest BCUT2D eigenvalue weighted by Gasteiger charge is -2.27. The third-order valence-corrected chi connectivity index (χ3v) is 7.17. The number of sulfone groups is 1. The highest BCUT2D eigenvalue weighted by Gasteiger charge is 2.21. The third-order valence-electron chi connectivity index (χ3n) is 6.05. The first-order valence-electron chi connectivity index (χ1n) is 10.5. The molecule has 0 fully saturated rings. The number of H-pyrrole nitrogens is 1. The number of aromatic nitrogens is 2. The van der Waals surface area contributed by atoms with Gasteiger partial charge in [0.05, 0.1) is 33.8 Å². The molecule has 7 heteroatoms. The molecule has 0 spiro atoms. The lowest BCUT2D eigenvalue weighted by atomic mass is 9.86. The smallest absolute Gasteiger partial charge is 0.175 e. The minimum absolute atomic E-state index is 0.188. The first-order valence-corrected chi connectivity index (χ1v) is 12.4. The summed E-state index contributed by atoms with van der Waals surface area (Å²) >= 11 is 0. The van der Waals surface area contributed by atoms with Crippen LogP contribution in [0.2, 0.25) is 0 Å². The van der Waals surface area contributed by atoms with Crippen molar-refractivity contribution in [1.29, 1.82) is 5.26 Å². The highest BCUT2D eigenvalue weighted by atomic mass is 32.2. The van der Waals surface area contributed by atoms with Crippen LogP contribution in [0.4, 0.5) is 5.69 Å². The monoisotopic (exact) mass is 442 g/mol. The molecule has 1 aliphatic rings. The summed E-state index contributed by atoms with van der Waals surface area (Å²) in [6, 6.07) is 21.3. The lowest BCUT2D eigenvalue weighted by Crippen LogP contribution is -2.17. The van der Waals surface area contributed by atoms with Gasteiger partial charge in [-0.1, -0.05) is 18.2 Å². The molecule has 32 heavy (non-hydrogen) atoms. The molecule has 0 aliphatic heterocycles. The van der Waals surface area contributed by atoms with Gasteiger partial charge >= 0.3 is 0 Å². The Hall–Kier alpha value is -3.63. The van der Waals surface area contributed by atoms with Crippen molar-refractivity contribution in [3.8, 4) is 17.3 Å². The Labute approximate surface area is 186 Å². The fraction of sp³-hybridized carbons (Fsp3) is 0.200. The van der Waals surface area contributed by atoms with Crippen molar-refractivity contribution >= 4 is 26.4 Å². The van der Waals surface area contributed by atoms with Gasteiger partial charge in [-0.25, -0.2) is 8.42 Å². The van der Waals surface area contributed by atoms with E-state index in [2.05, 4.69) is 33.7 Å². The summed E-state index contributed by atoms with van der Waals surface area (Å²) in [4.78, 5) is 0.291. The van der Waals surface area contributed by atoms with E-state index in [0.717, 1.165) is 47.1 Å². The summed E-state index contributed by atoms with van der Waals surface area (Å²) in [5.74, 6) is 0. The van der Waals surface area contributed by atoms with Crippen molar-refractivity contribution < 1.29 is 8.42 Å². The Kier molecular flexibility index (Phi) is 4.95. The van der Waals surface area contributed by atoms with Crippen LogP contribution in [-0.2, 0) is 16.3 Å². The van der Waals surface area contributed by atoms with E-state index in [9.17, 15) is 13.7 Å². The summed E-state index contributed by atoms with van der Waals surface area (Å²) in [6.07, 6.45) is 4.30. The van der Waals surface area contributed by atoms with Gasteiger partial charge in [0.25, 0.3) is 0 Å². The van der Waals surface area contributed by atoms with E-state index in [-0.39, 0.29) is 6.04 Å². The molecule has 6 nitrogen and oxygen atoms in total. The second kappa shape index (κ2) is 7.81. The molecule has 3 aromatic carbocycles. The Morgan fingerprint density at radius 1 is 1.09 bits per heavy atom. The first-order chi connectivity index (χ1) is 15.4. The molecule has 1 aliphatic carbocycles. The van der Waals surface area contributed by atoms with E-state index in [1.165, 1.54) is 17.4 Å². The molecule has 4 aromatic rings. The Morgan fingerprint density at radius 3 is 2.66 bits per heavy atom. The van der Waals surface area contributed by atoms with Crippen LogP contribution in [0.3, 0.4) is 0 Å². The molecule has 5 rings (SSSR count). The number of aromatic amines is 1. The maximum atomic E-state index is 11.8. The van der Waals surface area contributed by atoms with E-state index in [1.54, 1.807) is 24.3 Å². The quantitative estimate of drug-likeness (QED) is 0.464. The molecule has 2 N–H and O–H groups in total. The van der Waals surface area contributed by atoms with Crippen molar-refractivity contribution in [2.75, 3.05) is 11.6 Å². The minimum Gasteiger partial charge on any atom is -0.378 e. The van der Waals surface area contributed by atoms with Gasteiger partial charge in [-0.2, -0.15) is 10.4 Å². The average Bonchev–Trinajstić information content (AvgIpc) is 3.21. The summed E-state index contributed by atoms with van der Waals surface area (Å²) in [7, 11) is -3.24. The molecular weight excluding hydrogens is 420 g/mol. The van der Waals surface area contributed by atoms with E-state index >= 15 is 0 Å². The Bertz CT molecular complexity index is 1460. The number of aryl methyl sites for hydroxylation is 1. The van der Waals surface area contributed by atoms with Crippen LogP contribution in [0.5, 0.6) is 0 Å². The van der Waals surface area contributed by atoms with Gasteiger partial charge in [-0.05, 0) is 72.9 Å². The van der Waals surface area contributed by atoms with E-state index in [4.69, 9.17) is 0 Å². The molecule has 1 aromatic heterocycles. The van der Waals surface area contributed by atoms with Crippen LogP contribution < -0.4 is 5.32 Å². The fourth-order valence-electron chi connectivity index (χ4n) is 4.42. The number of benzene rings is 3. The predicted octanol–water partition coefficient (Wildman–Crippen LogP) is 4.99. The highest BCUT2D eigenvalue weighted by Crippen LogP contribution is 2.35. The molecule has 0 radical (unpaired) electrons. The molecule has 0 saturated heterocycles. The molecule has 0 amide bonds. The maximum absolute atomic E-state index is 11.8. The number of nitrogens with zero attached hydrogens (tertiary/aromatic N) is 2. The number of rotatable bonds is 4. The van der Waals surface area contributed by atoms with Crippen molar-refractivity contribution in [2.24, 2.45) is 0 Å². The van der Waals surface area contributed by atoms with Crippen LogP contribution in [0, 0.1) is 11.3 Å². The largest absolute Gasteiger partial charge is 0.378 e. The molecule has 0 unspecified atom stereocenters. The number of fused-ring (bicyclic) bond motifs is 2. The molecule has 0 bridgehead atoms. The van der Waals surface area contributed by atoms with E-state index in [0.29, 0.717) is 10.5 Å². The van der Waals surface area contributed by atoms with Crippen LogP contribution in [0.25, 0.3) is 22.2 Å². The summed E-state index contributed by atoms with van der Waals surface area (Å²) < 4.78 is 23.5. The topological polar surface area (TPSA) is 98.6 Å². The molecule has 160 valence electrons. The van der Waals surface area contributed by atoms with Gasteiger partial charge < -0.3 is 5.32 Å². The Balaban J connectivity index is 1.47. The van der Waals surface area contributed by atoms with Gasteiger partial charge in [0.15, 0.2) is 9.84 Å². The number of nitriles is 1. The van der Waals surface area contributed by atoms with Crippen LogP contribution in [0.15, 0.2) is 65.6 Å². The van der Waals surface area contributed by atoms with Gasteiger partial charge in [-0.3, -0.25) is 5.10 Å². The van der Waals surface area contributed by atoms with Crippen LogP contribution in [-0.4, -0.2) is 24.9 Å². The van der Waals surface area contributed by atoms with Gasteiger partial charge in [-0.15, -0.1) is 0 Å². The number of hydrogen-bond donors (Lipinski definition) is 2. The number of anilines is 1. The zero-order chi connectivity index (χ0) is 22.3. The summed E-state index contributed by atoms with van der Waals surface area (Å²) in [6.45, 7) is 0. The predicted molar refractivity (Wildman–Crippen MR) is 125 cm³/mol. The number of hydrogen-bond acceptors (Lipinski definition) is 5. The van der Waals surface area contributed by atoms with Gasteiger partial charge in [0.2, 0.25) is 0 Å². The number of nitrogens with one attached hydrogen (secondary N) is 2. The van der Waals surface area contributed by atoms with Crippen molar-refractivity contribution in [1.82, 2.24) is 10.2 Å². The molecule has 1 heterocycles. The highest BCUT2D eigenvalue weighted by molar-refractivity contribution is 7.90. The molecule has 0 saturated carbocycles. The zero-order valence-electron chi connectivity index (χ0n) is 17.6. The summed E-state index contributed by atoms with van der Waals surface area (Å²) in [5.41, 5.74) is 6.74. The second-order valence-corrected chi connectivity index (χ2v) is 10.3. The summed E-state index contributed by atoms with van der Waals surface area (Å²) in [5, 5.41) is 21.4. The second-order valence-electron chi connectivity index (χ2n) is 8.24. The van der Waals surface area contributed by atoms with Crippen molar-refractivity contribution in [3.05, 3.63) is 77.4 Å². The lowest BCUT2D eigenvalue weighted by molar-refractivity contribution is 0.600. The van der Waals surface area contributed by atoms with Crippen molar-refractivity contribution in [3.63, 3.8) is 0 Å². The Morgan fingerprint density at radius 2 is 1.91 bits per heavy atom. The third kappa shape index (κ3) is 3.74. The van der Waals surface area contributed by atoms with Crippen LogP contribution >= 0.6 is 0 Å². The zero-order valence-corrected chi connectivity index (χ0v) is 18.4. The maximum Gasteiger partial charge on any atom is 0.175 e. The standard InChI is InChI=1S/C25H22N4O2S/c1-32(30,31)20-9-6-17(7-10-20)25-22-14-19(8-12-24(22)28-29-25)27-23-4-2-3-18-13-16(15-26)5-11-21(18)23/h5-14,23,27H,2-4H2,1H3,(H,28,29)/t23-/m0/s1. The molecular formula is C25H22N4O2S. The van der Waals surface area contributed by atoms with E-state index in [1.807, 2.05) is 24.3 Å². The van der Waals surface area contributed by atoms with Crippen molar-refractivity contribution in [2.45, 2.75) is 30.2 Å². The van der Waals surface area contributed by atoms with Gasteiger partial charge in [0.1, 0.15) is 0 Å². The fourth-order valence-corrected chi connectivity index (χ4v) is 5.05. The normalized spacial score (nSPS) is 15.8. The minimum atomic E-state index is -3.24. The van der Waals surface area contributed by atoms with Crippen LogP contribution in [0.1, 0.15) is 35.6 Å². The average molecular weight is 443 g/mol. The first kappa shape index (κ1) is 20.3. The SMILES string of the molecule is CS(=O)(=O)c1ccc(-c2n[nH]c3ccc(N[C@H]4CCCc5cc(C#N)ccc54)cc23)cc1. The molecule has 1 atom stereocenters. The van der Waals surface area contributed by atoms with Gasteiger partial charge in [0, 0.05) is 22.9 Å².